The highest BCUT2D eigenvalue weighted by molar-refractivity contribution is 9.10. The normalized spacial score (nSPS) is 11.2. The summed E-state index contributed by atoms with van der Waals surface area (Å²) in [7, 11) is 0. The average Bonchev–Trinajstić information content (AvgIpc) is 2.15. The fourth-order valence-corrected chi connectivity index (χ4v) is 1.91. The van der Waals surface area contributed by atoms with Gasteiger partial charge in [-0.3, -0.25) is 9.59 Å². The van der Waals surface area contributed by atoms with E-state index in [4.69, 9.17) is 5.11 Å². The van der Waals surface area contributed by atoms with Gasteiger partial charge in [0, 0.05) is 16.5 Å². The molecule has 0 aliphatic carbocycles. The Morgan fingerprint density at radius 3 is 2.18 bits per heavy atom. The Bertz CT molecular complexity index is 421. The van der Waals surface area contributed by atoms with E-state index in [1.807, 2.05) is 0 Å². The number of hydrogen-bond donors (Lipinski definition) is 1. The first-order chi connectivity index (χ1) is 7.80. The Hall–Kier alpha value is -1.16. The summed E-state index contributed by atoms with van der Waals surface area (Å²) in [6.07, 6.45) is 0.232. The molecule has 1 aromatic rings. The second kappa shape index (κ2) is 5.45. The second-order valence-corrected chi connectivity index (χ2v) is 5.76. The SMILES string of the molecule is CC(C)(CC(=O)O)CC(=O)c1ccc(Br)cc1. The van der Waals surface area contributed by atoms with Crippen LogP contribution in [0.2, 0.25) is 0 Å². The van der Waals surface area contributed by atoms with Crippen LogP contribution in [-0.4, -0.2) is 16.9 Å². The van der Waals surface area contributed by atoms with E-state index >= 15 is 0 Å². The number of carboxylic acid groups (broad SMARTS) is 1. The van der Waals surface area contributed by atoms with Crippen LogP contribution in [0.25, 0.3) is 0 Å². The summed E-state index contributed by atoms with van der Waals surface area (Å²) in [4.78, 5) is 22.6. The smallest absolute Gasteiger partial charge is 0.303 e. The average molecular weight is 299 g/mol. The molecule has 0 aliphatic rings. The topological polar surface area (TPSA) is 54.4 Å². The molecule has 0 radical (unpaired) electrons. The highest BCUT2D eigenvalue weighted by atomic mass is 79.9. The lowest BCUT2D eigenvalue weighted by Gasteiger charge is -2.21. The van der Waals surface area contributed by atoms with E-state index in [1.54, 1.807) is 38.1 Å². The van der Waals surface area contributed by atoms with Gasteiger partial charge in [-0.2, -0.15) is 0 Å². The summed E-state index contributed by atoms with van der Waals surface area (Å²) in [5.41, 5.74) is 0.0994. The summed E-state index contributed by atoms with van der Waals surface area (Å²) in [6.45, 7) is 3.58. The molecule has 0 saturated heterocycles. The van der Waals surface area contributed by atoms with Gasteiger partial charge in [0.15, 0.2) is 5.78 Å². The van der Waals surface area contributed by atoms with Crippen LogP contribution in [0.5, 0.6) is 0 Å². The largest absolute Gasteiger partial charge is 0.481 e. The van der Waals surface area contributed by atoms with Crippen molar-refractivity contribution < 1.29 is 14.7 Å². The standard InChI is InChI=1S/C13H15BrO3/c1-13(2,8-12(16)17)7-11(15)9-3-5-10(14)6-4-9/h3-6H,7-8H2,1-2H3,(H,16,17). The number of Topliss-reactive ketones (excluding diaryl/α,β-unsaturated/α-hetero) is 1. The number of hydrogen-bond acceptors (Lipinski definition) is 2. The fraction of sp³-hybridized carbons (Fsp3) is 0.385. The van der Waals surface area contributed by atoms with Crippen LogP contribution in [0.3, 0.4) is 0 Å². The van der Waals surface area contributed by atoms with Crippen LogP contribution in [0.1, 0.15) is 37.0 Å². The number of aliphatic carboxylic acids is 1. The summed E-state index contributed by atoms with van der Waals surface area (Å²) >= 11 is 3.30. The number of halogens is 1. The third-order valence-corrected chi connectivity index (χ3v) is 2.96. The molecule has 0 aromatic heterocycles. The Balaban J connectivity index is 2.72. The van der Waals surface area contributed by atoms with Gasteiger partial charge in [-0.1, -0.05) is 41.9 Å². The Morgan fingerprint density at radius 2 is 1.71 bits per heavy atom. The summed E-state index contributed by atoms with van der Waals surface area (Å²) in [5.74, 6) is -0.901. The van der Waals surface area contributed by atoms with Crippen molar-refractivity contribution in [3.05, 3.63) is 34.3 Å². The molecule has 1 N–H and O–H groups in total. The maximum atomic E-state index is 11.9. The molecule has 0 unspecified atom stereocenters. The van der Waals surface area contributed by atoms with E-state index in [2.05, 4.69) is 15.9 Å². The van der Waals surface area contributed by atoms with Crippen molar-refractivity contribution in [2.75, 3.05) is 0 Å². The molecular weight excluding hydrogens is 284 g/mol. The van der Waals surface area contributed by atoms with Crippen molar-refractivity contribution in [2.24, 2.45) is 5.41 Å². The first kappa shape index (κ1) is 13.9. The zero-order valence-corrected chi connectivity index (χ0v) is 11.5. The van der Waals surface area contributed by atoms with Crippen molar-refractivity contribution in [2.45, 2.75) is 26.7 Å². The highest BCUT2D eigenvalue weighted by Gasteiger charge is 2.25. The van der Waals surface area contributed by atoms with Gasteiger partial charge in [-0.15, -0.1) is 0 Å². The minimum atomic E-state index is -0.876. The first-order valence-electron chi connectivity index (χ1n) is 5.31. The minimum absolute atomic E-state index is 0.00469. The molecule has 0 bridgehead atoms. The molecule has 3 nitrogen and oxygen atoms in total. The summed E-state index contributed by atoms with van der Waals surface area (Å²) < 4.78 is 0.916. The third kappa shape index (κ3) is 4.69. The lowest BCUT2D eigenvalue weighted by atomic mass is 9.82. The monoisotopic (exact) mass is 298 g/mol. The molecule has 0 heterocycles. The van der Waals surface area contributed by atoms with Crippen molar-refractivity contribution in [1.29, 1.82) is 0 Å². The molecule has 0 saturated carbocycles. The van der Waals surface area contributed by atoms with Gasteiger partial charge in [0.05, 0.1) is 6.42 Å². The Kier molecular flexibility index (Phi) is 4.46. The molecular formula is C13H15BrO3. The molecule has 0 spiro atoms. The summed E-state index contributed by atoms with van der Waals surface area (Å²) in [6, 6.07) is 7.08. The zero-order chi connectivity index (χ0) is 13.1. The quantitative estimate of drug-likeness (QED) is 0.846. The second-order valence-electron chi connectivity index (χ2n) is 4.84. The van der Waals surface area contributed by atoms with Crippen LogP contribution < -0.4 is 0 Å². The van der Waals surface area contributed by atoms with Gasteiger partial charge in [0.25, 0.3) is 0 Å². The van der Waals surface area contributed by atoms with Crippen molar-refractivity contribution in [3.63, 3.8) is 0 Å². The van der Waals surface area contributed by atoms with Gasteiger partial charge in [0.1, 0.15) is 0 Å². The number of rotatable bonds is 5. The first-order valence-corrected chi connectivity index (χ1v) is 6.10. The number of carbonyl (C=O) groups is 2. The van der Waals surface area contributed by atoms with Gasteiger partial charge in [0.2, 0.25) is 0 Å². The van der Waals surface area contributed by atoms with Gasteiger partial charge >= 0.3 is 5.97 Å². The maximum Gasteiger partial charge on any atom is 0.303 e. The van der Waals surface area contributed by atoms with E-state index in [1.165, 1.54) is 0 Å². The van der Waals surface area contributed by atoms with Gasteiger partial charge in [-0.05, 0) is 17.5 Å². The lowest BCUT2D eigenvalue weighted by molar-refractivity contribution is -0.139. The predicted molar refractivity (Wildman–Crippen MR) is 69.1 cm³/mol. The van der Waals surface area contributed by atoms with E-state index < -0.39 is 11.4 Å². The van der Waals surface area contributed by atoms with Crippen molar-refractivity contribution >= 4 is 27.7 Å². The zero-order valence-electron chi connectivity index (χ0n) is 9.87. The van der Waals surface area contributed by atoms with Crippen LogP contribution in [-0.2, 0) is 4.79 Å². The van der Waals surface area contributed by atoms with Gasteiger partial charge < -0.3 is 5.11 Å². The maximum absolute atomic E-state index is 11.9. The Morgan fingerprint density at radius 1 is 1.18 bits per heavy atom. The predicted octanol–water partition coefficient (Wildman–Crippen LogP) is 3.52. The molecule has 92 valence electrons. The molecule has 0 fully saturated rings. The van der Waals surface area contributed by atoms with E-state index in [0.29, 0.717) is 5.56 Å². The minimum Gasteiger partial charge on any atom is -0.481 e. The van der Waals surface area contributed by atoms with Crippen molar-refractivity contribution in [3.8, 4) is 0 Å². The van der Waals surface area contributed by atoms with E-state index in [9.17, 15) is 9.59 Å². The van der Waals surface area contributed by atoms with Crippen molar-refractivity contribution in [1.82, 2.24) is 0 Å². The number of carbonyl (C=O) groups excluding carboxylic acids is 1. The van der Waals surface area contributed by atoms with Crippen LogP contribution >= 0.6 is 15.9 Å². The molecule has 0 amide bonds. The number of benzene rings is 1. The molecule has 1 rings (SSSR count). The lowest BCUT2D eigenvalue weighted by Crippen LogP contribution is -2.21. The summed E-state index contributed by atoms with van der Waals surface area (Å²) in [5, 5.41) is 8.75. The van der Waals surface area contributed by atoms with E-state index in [-0.39, 0.29) is 18.6 Å². The third-order valence-electron chi connectivity index (χ3n) is 2.44. The van der Waals surface area contributed by atoms with E-state index in [0.717, 1.165) is 4.47 Å². The molecule has 4 heteroatoms. The van der Waals surface area contributed by atoms with Crippen LogP contribution in [0, 0.1) is 5.41 Å². The Labute approximate surface area is 109 Å². The number of carboxylic acids is 1. The molecule has 0 atom stereocenters. The van der Waals surface area contributed by atoms with Gasteiger partial charge in [-0.25, -0.2) is 0 Å². The number of ketones is 1. The van der Waals surface area contributed by atoms with Crippen LogP contribution in [0.15, 0.2) is 28.7 Å². The molecule has 1 aromatic carbocycles. The highest BCUT2D eigenvalue weighted by Crippen LogP contribution is 2.27. The molecule has 0 aliphatic heterocycles. The fourth-order valence-electron chi connectivity index (χ4n) is 1.64. The van der Waals surface area contributed by atoms with Crippen LogP contribution in [0.4, 0.5) is 0 Å². The molecule has 17 heavy (non-hydrogen) atoms.